The zero-order valence-electron chi connectivity index (χ0n) is 12.4. The zero-order chi connectivity index (χ0) is 15.0. The molecule has 0 fully saturated rings. The highest BCUT2D eigenvalue weighted by molar-refractivity contribution is 5.89. The lowest BCUT2D eigenvalue weighted by Crippen LogP contribution is -2.24. The smallest absolute Gasteiger partial charge is 0.355 e. The summed E-state index contributed by atoms with van der Waals surface area (Å²) in [5.41, 5.74) is 9.54. The maximum absolute atomic E-state index is 12.2. The fourth-order valence-electron chi connectivity index (χ4n) is 2.85. The zero-order valence-corrected chi connectivity index (χ0v) is 12.4. The van der Waals surface area contributed by atoms with Crippen molar-refractivity contribution in [1.82, 2.24) is 4.57 Å². The summed E-state index contributed by atoms with van der Waals surface area (Å²) in [5.74, 6) is 0.0229. The number of benzene rings is 1. The summed E-state index contributed by atoms with van der Waals surface area (Å²) in [7, 11) is 0. The van der Waals surface area contributed by atoms with Gasteiger partial charge in [0.15, 0.2) is 0 Å². The van der Waals surface area contributed by atoms with Crippen LogP contribution >= 0.6 is 0 Å². The number of nitrogens with zero attached hydrogens (tertiary/aromatic N) is 1. The number of anilines is 1. The average Bonchev–Trinajstić information content (AvgIpc) is 2.82. The van der Waals surface area contributed by atoms with Gasteiger partial charge < -0.3 is 15.0 Å². The van der Waals surface area contributed by atoms with E-state index in [1.165, 1.54) is 11.1 Å². The van der Waals surface area contributed by atoms with Crippen LogP contribution in [0, 0.1) is 0 Å². The Morgan fingerprint density at radius 3 is 2.90 bits per heavy atom. The van der Waals surface area contributed by atoms with Crippen molar-refractivity contribution in [2.75, 3.05) is 12.3 Å². The SMILES string of the molecule is CC(C)n1cc(N)cc1C(=O)OCC1Cc2ccccc21. The van der Waals surface area contributed by atoms with E-state index in [0.29, 0.717) is 23.9 Å². The maximum atomic E-state index is 12.2. The molecule has 4 heteroatoms. The first-order chi connectivity index (χ1) is 10.1. The van der Waals surface area contributed by atoms with E-state index in [-0.39, 0.29) is 12.0 Å². The van der Waals surface area contributed by atoms with E-state index in [9.17, 15) is 4.79 Å². The van der Waals surface area contributed by atoms with Crippen molar-refractivity contribution < 1.29 is 9.53 Å². The Hall–Kier alpha value is -2.23. The predicted molar refractivity (Wildman–Crippen MR) is 82.4 cm³/mol. The first kappa shape index (κ1) is 13.7. The summed E-state index contributed by atoms with van der Waals surface area (Å²) in [5, 5.41) is 0. The number of hydrogen-bond acceptors (Lipinski definition) is 3. The number of esters is 1. The number of nitrogen functional groups attached to an aromatic ring is 1. The van der Waals surface area contributed by atoms with Crippen LogP contribution in [0.3, 0.4) is 0 Å². The van der Waals surface area contributed by atoms with Crippen LogP contribution in [-0.2, 0) is 11.2 Å². The van der Waals surface area contributed by atoms with Gasteiger partial charge in [-0.25, -0.2) is 4.79 Å². The molecule has 0 bridgehead atoms. The Labute approximate surface area is 124 Å². The summed E-state index contributed by atoms with van der Waals surface area (Å²) < 4.78 is 7.33. The molecule has 0 amide bonds. The molecule has 0 saturated heterocycles. The molecule has 1 heterocycles. The topological polar surface area (TPSA) is 57.2 Å². The molecule has 0 radical (unpaired) electrons. The molecule has 2 N–H and O–H groups in total. The highest BCUT2D eigenvalue weighted by atomic mass is 16.5. The third-order valence-electron chi connectivity index (χ3n) is 4.01. The van der Waals surface area contributed by atoms with Crippen LogP contribution in [0.5, 0.6) is 0 Å². The van der Waals surface area contributed by atoms with Crippen LogP contribution < -0.4 is 5.73 Å². The lowest BCUT2D eigenvalue weighted by Gasteiger charge is -2.29. The van der Waals surface area contributed by atoms with Gasteiger partial charge in [0.25, 0.3) is 0 Å². The monoisotopic (exact) mass is 284 g/mol. The molecule has 21 heavy (non-hydrogen) atoms. The van der Waals surface area contributed by atoms with E-state index in [1.807, 2.05) is 30.5 Å². The largest absolute Gasteiger partial charge is 0.460 e. The van der Waals surface area contributed by atoms with E-state index in [4.69, 9.17) is 10.5 Å². The van der Waals surface area contributed by atoms with E-state index < -0.39 is 0 Å². The number of carbonyl (C=O) groups is 1. The van der Waals surface area contributed by atoms with Gasteiger partial charge in [0, 0.05) is 18.2 Å². The van der Waals surface area contributed by atoms with Crippen LogP contribution in [0.4, 0.5) is 5.69 Å². The fraction of sp³-hybridized carbons (Fsp3) is 0.353. The van der Waals surface area contributed by atoms with Crippen LogP contribution in [-0.4, -0.2) is 17.1 Å². The van der Waals surface area contributed by atoms with E-state index in [2.05, 4.69) is 12.1 Å². The Morgan fingerprint density at radius 1 is 1.43 bits per heavy atom. The number of carbonyl (C=O) groups excluding carboxylic acids is 1. The second-order valence-electron chi connectivity index (χ2n) is 5.86. The molecule has 0 aliphatic heterocycles. The standard InChI is InChI=1S/C17H20N2O2/c1-11(2)19-9-14(18)8-16(19)17(20)21-10-13-7-12-5-3-4-6-15(12)13/h3-6,8-9,11,13H,7,10,18H2,1-2H3. The molecule has 1 aromatic carbocycles. The minimum atomic E-state index is -0.301. The molecule has 0 saturated carbocycles. The summed E-state index contributed by atoms with van der Waals surface area (Å²) in [6, 6.07) is 10.1. The molecule has 3 rings (SSSR count). The highest BCUT2D eigenvalue weighted by Gasteiger charge is 2.27. The van der Waals surface area contributed by atoms with Crippen molar-refractivity contribution in [2.24, 2.45) is 0 Å². The molecule has 1 atom stereocenters. The number of aromatic nitrogens is 1. The lowest BCUT2D eigenvalue weighted by molar-refractivity contribution is 0.0455. The normalized spacial score (nSPS) is 16.4. The predicted octanol–water partition coefficient (Wildman–Crippen LogP) is 3.15. The van der Waals surface area contributed by atoms with Gasteiger partial charge in [-0.1, -0.05) is 24.3 Å². The molecule has 110 valence electrons. The van der Waals surface area contributed by atoms with Crippen molar-refractivity contribution in [1.29, 1.82) is 0 Å². The number of fused-ring (bicyclic) bond motifs is 1. The average molecular weight is 284 g/mol. The third kappa shape index (κ3) is 2.53. The van der Waals surface area contributed by atoms with Gasteiger partial charge in [-0.15, -0.1) is 0 Å². The molecule has 2 aromatic rings. The Bertz CT molecular complexity index is 673. The van der Waals surface area contributed by atoms with Gasteiger partial charge in [0.2, 0.25) is 0 Å². The summed E-state index contributed by atoms with van der Waals surface area (Å²) in [6.07, 6.45) is 2.76. The van der Waals surface area contributed by atoms with Crippen LogP contribution in [0.15, 0.2) is 36.5 Å². The summed E-state index contributed by atoms with van der Waals surface area (Å²) in [6.45, 7) is 4.45. The number of rotatable bonds is 4. The van der Waals surface area contributed by atoms with Gasteiger partial charge in [-0.2, -0.15) is 0 Å². The van der Waals surface area contributed by atoms with E-state index in [0.717, 1.165) is 6.42 Å². The second kappa shape index (κ2) is 5.28. The molecule has 1 unspecified atom stereocenters. The van der Waals surface area contributed by atoms with Crippen molar-refractivity contribution in [3.8, 4) is 0 Å². The first-order valence-corrected chi connectivity index (χ1v) is 7.28. The van der Waals surface area contributed by atoms with Gasteiger partial charge in [-0.05, 0) is 37.5 Å². The Morgan fingerprint density at radius 2 is 2.19 bits per heavy atom. The number of ether oxygens (including phenoxy) is 1. The third-order valence-corrected chi connectivity index (χ3v) is 4.01. The van der Waals surface area contributed by atoms with Crippen molar-refractivity contribution in [2.45, 2.75) is 32.2 Å². The molecule has 1 aromatic heterocycles. The van der Waals surface area contributed by atoms with Gasteiger partial charge >= 0.3 is 5.97 Å². The molecular formula is C17H20N2O2. The van der Waals surface area contributed by atoms with Gasteiger partial charge in [0.1, 0.15) is 5.69 Å². The molecule has 4 nitrogen and oxygen atoms in total. The van der Waals surface area contributed by atoms with Crippen molar-refractivity contribution >= 4 is 11.7 Å². The second-order valence-corrected chi connectivity index (χ2v) is 5.86. The summed E-state index contributed by atoms with van der Waals surface area (Å²) >= 11 is 0. The number of nitrogens with two attached hydrogens (primary N) is 1. The number of hydrogen-bond donors (Lipinski definition) is 1. The fourth-order valence-corrected chi connectivity index (χ4v) is 2.85. The van der Waals surface area contributed by atoms with Crippen molar-refractivity contribution in [3.63, 3.8) is 0 Å². The molecule has 1 aliphatic rings. The van der Waals surface area contributed by atoms with E-state index >= 15 is 0 Å². The molecular weight excluding hydrogens is 264 g/mol. The van der Waals surface area contributed by atoms with Gasteiger partial charge in [-0.3, -0.25) is 0 Å². The Balaban J connectivity index is 1.66. The van der Waals surface area contributed by atoms with Crippen LogP contribution in [0.1, 0.15) is 47.4 Å². The Kier molecular flexibility index (Phi) is 3.45. The quantitative estimate of drug-likeness (QED) is 0.877. The summed E-state index contributed by atoms with van der Waals surface area (Å²) in [4.78, 5) is 12.2. The minimum absolute atomic E-state index is 0.175. The first-order valence-electron chi connectivity index (χ1n) is 7.28. The van der Waals surface area contributed by atoms with Gasteiger partial charge in [0.05, 0.1) is 12.3 Å². The molecule has 0 spiro atoms. The molecule has 1 aliphatic carbocycles. The van der Waals surface area contributed by atoms with Crippen LogP contribution in [0.25, 0.3) is 0 Å². The maximum Gasteiger partial charge on any atom is 0.355 e. The van der Waals surface area contributed by atoms with Crippen LogP contribution in [0.2, 0.25) is 0 Å². The minimum Gasteiger partial charge on any atom is -0.460 e. The van der Waals surface area contributed by atoms with E-state index in [1.54, 1.807) is 12.3 Å². The van der Waals surface area contributed by atoms with Crippen molar-refractivity contribution in [3.05, 3.63) is 53.3 Å². The lowest BCUT2D eigenvalue weighted by atomic mass is 9.78. The highest BCUT2D eigenvalue weighted by Crippen LogP contribution is 2.35.